The molecule has 3 heterocycles. The minimum atomic E-state index is 0.610. The Morgan fingerprint density at radius 2 is 1.24 bits per heavy atom. The highest BCUT2D eigenvalue weighted by Crippen LogP contribution is 2.30. The Balaban J connectivity index is 1.86. The third-order valence-electron chi connectivity index (χ3n) is 6.16. The average molecular weight is 550 g/mol. The van der Waals surface area contributed by atoms with Crippen LogP contribution in [0.25, 0.3) is 50.3 Å². The standard InChI is InChI=1S/C27H15IN6/c28-18-11-14-24-25(15-18)34-23-8-4-2-6-21(23)31-27(34)32(19-12-9-17(16-29)10-13-19)26-30-20-5-1-3-7-22(20)33(24)26/h1-15H. The molecule has 7 aromatic rings. The predicted octanol–water partition coefficient (Wildman–Crippen LogP) is 6.27. The first-order valence-electron chi connectivity index (χ1n) is 10.8. The van der Waals surface area contributed by atoms with E-state index in [2.05, 4.69) is 72.4 Å². The van der Waals surface area contributed by atoms with Crippen molar-refractivity contribution in [1.82, 2.24) is 23.3 Å². The molecule has 0 saturated carbocycles. The molecule has 0 amide bonds. The van der Waals surface area contributed by atoms with Crippen LogP contribution in [0, 0.1) is 14.9 Å². The van der Waals surface area contributed by atoms with Gasteiger partial charge in [-0.1, -0.05) is 24.3 Å². The minimum absolute atomic E-state index is 0.610. The van der Waals surface area contributed by atoms with Crippen molar-refractivity contribution in [3.63, 3.8) is 0 Å². The van der Waals surface area contributed by atoms with Crippen molar-refractivity contribution in [2.24, 2.45) is 0 Å². The van der Waals surface area contributed by atoms with Crippen LogP contribution in [0.4, 0.5) is 0 Å². The molecule has 160 valence electrons. The van der Waals surface area contributed by atoms with Crippen molar-refractivity contribution >= 4 is 67.2 Å². The monoisotopic (exact) mass is 550 g/mol. The summed E-state index contributed by atoms with van der Waals surface area (Å²) in [5.41, 5.74) is 7.42. The molecule has 0 bridgehead atoms. The Kier molecular flexibility index (Phi) is 4.07. The van der Waals surface area contributed by atoms with E-state index in [0.717, 1.165) is 53.9 Å². The fraction of sp³-hybridized carbons (Fsp3) is 0. The van der Waals surface area contributed by atoms with Gasteiger partial charge < -0.3 is 0 Å². The maximum atomic E-state index is 9.34. The molecular formula is C27H15IN6. The SMILES string of the molecule is N#Cc1ccc(-n2c3nc4ccccc4n3c3ccc(I)cc3n3c4ccccc4nc23)cc1. The predicted molar refractivity (Wildman–Crippen MR) is 142 cm³/mol. The maximum Gasteiger partial charge on any atom is 0.223 e. The topological polar surface area (TPSA) is 63.3 Å². The molecule has 0 saturated heterocycles. The molecule has 0 N–H and O–H groups in total. The summed E-state index contributed by atoms with van der Waals surface area (Å²) in [5, 5.41) is 9.34. The first-order valence-corrected chi connectivity index (χ1v) is 11.9. The molecule has 7 heteroatoms. The first kappa shape index (κ1) is 19.3. The van der Waals surface area contributed by atoms with Crippen molar-refractivity contribution in [2.75, 3.05) is 0 Å². The van der Waals surface area contributed by atoms with Gasteiger partial charge in [0.15, 0.2) is 0 Å². The number of nitrogens with zero attached hydrogens (tertiary/aromatic N) is 6. The van der Waals surface area contributed by atoms with Gasteiger partial charge in [-0.3, -0.25) is 8.80 Å². The molecule has 3 aromatic heterocycles. The van der Waals surface area contributed by atoms with Crippen molar-refractivity contribution in [1.29, 1.82) is 5.26 Å². The number of hydrogen-bond acceptors (Lipinski definition) is 3. The molecule has 0 fully saturated rings. The number of imidazole rings is 2. The Morgan fingerprint density at radius 1 is 0.647 bits per heavy atom. The summed E-state index contributed by atoms with van der Waals surface area (Å²) in [6, 6.07) is 32.6. The first-order chi connectivity index (χ1) is 16.7. The fourth-order valence-electron chi connectivity index (χ4n) is 4.67. The second-order valence-electron chi connectivity index (χ2n) is 8.10. The van der Waals surface area contributed by atoms with E-state index in [0.29, 0.717) is 5.56 Å². The lowest BCUT2D eigenvalue weighted by Gasteiger charge is -2.07. The van der Waals surface area contributed by atoms with E-state index < -0.39 is 0 Å². The number of rotatable bonds is 1. The second kappa shape index (κ2) is 7.17. The third kappa shape index (κ3) is 2.66. The smallest absolute Gasteiger partial charge is 0.223 e. The van der Waals surface area contributed by atoms with Gasteiger partial charge in [-0.05, 0) is 89.3 Å². The molecule has 0 atom stereocenters. The van der Waals surface area contributed by atoms with E-state index in [1.807, 2.05) is 60.7 Å². The summed E-state index contributed by atoms with van der Waals surface area (Å²) in [5.74, 6) is 1.51. The maximum absolute atomic E-state index is 9.34. The third-order valence-corrected chi connectivity index (χ3v) is 6.83. The van der Waals surface area contributed by atoms with Crippen LogP contribution in [0.3, 0.4) is 0 Å². The largest absolute Gasteiger partial charge is 0.276 e. The summed E-state index contributed by atoms with van der Waals surface area (Å²) < 4.78 is 7.61. The normalized spacial score (nSPS) is 11.6. The van der Waals surface area contributed by atoms with Gasteiger partial charge in [0.25, 0.3) is 0 Å². The van der Waals surface area contributed by atoms with E-state index in [1.54, 1.807) is 0 Å². The van der Waals surface area contributed by atoms with E-state index in [9.17, 15) is 5.26 Å². The quantitative estimate of drug-likeness (QED) is 0.227. The van der Waals surface area contributed by atoms with Gasteiger partial charge in [-0.15, -0.1) is 0 Å². The number of halogens is 1. The number of benzene rings is 4. The van der Waals surface area contributed by atoms with Gasteiger partial charge >= 0.3 is 0 Å². The molecule has 0 aliphatic rings. The lowest BCUT2D eigenvalue weighted by Crippen LogP contribution is -2.02. The van der Waals surface area contributed by atoms with Crippen LogP contribution in [-0.2, 0) is 0 Å². The van der Waals surface area contributed by atoms with E-state index >= 15 is 0 Å². The average Bonchev–Trinajstić information content (AvgIpc) is 3.40. The molecule has 7 rings (SSSR count). The fourth-order valence-corrected chi connectivity index (χ4v) is 5.15. The van der Waals surface area contributed by atoms with Crippen LogP contribution in [0.15, 0.2) is 91.0 Å². The van der Waals surface area contributed by atoms with Crippen LogP contribution in [0.1, 0.15) is 5.56 Å². The van der Waals surface area contributed by atoms with Gasteiger partial charge in [0, 0.05) is 3.57 Å². The van der Waals surface area contributed by atoms with Gasteiger partial charge in [-0.2, -0.15) is 5.26 Å². The van der Waals surface area contributed by atoms with Gasteiger partial charge in [0.2, 0.25) is 11.6 Å². The highest BCUT2D eigenvalue weighted by atomic mass is 127. The van der Waals surface area contributed by atoms with E-state index in [4.69, 9.17) is 9.97 Å². The van der Waals surface area contributed by atoms with Crippen molar-refractivity contribution in [3.05, 3.63) is 100 Å². The summed E-state index contributed by atoms with van der Waals surface area (Å²) in [7, 11) is 0. The van der Waals surface area contributed by atoms with Gasteiger partial charge in [0.05, 0.1) is 50.4 Å². The molecule has 34 heavy (non-hydrogen) atoms. The Labute approximate surface area is 207 Å². The number of para-hydroxylation sites is 4. The zero-order valence-corrected chi connectivity index (χ0v) is 19.9. The molecular weight excluding hydrogens is 535 g/mol. The van der Waals surface area contributed by atoms with Crippen molar-refractivity contribution in [3.8, 4) is 11.8 Å². The molecule has 0 aliphatic carbocycles. The lowest BCUT2D eigenvalue weighted by atomic mass is 10.2. The van der Waals surface area contributed by atoms with Crippen LogP contribution >= 0.6 is 22.6 Å². The Bertz CT molecular complexity index is 1980. The van der Waals surface area contributed by atoms with E-state index in [1.165, 1.54) is 0 Å². The van der Waals surface area contributed by atoms with Crippen LogP contribution in [-0.4, -0.2) is 23.3 Å². The lowest BCUT2D eigenvalue weighted by molar-refractivity contribution is 1.03. The number of nitriles is 1. The highest BCUT2D eigenvalue weighted by Gasteiger charge is 2.18. The Morgan fingerprint density at radius 3 is 1.85 bits per heavy atom. The summed E-state index contributed by atoms with van der Waals surface area (Å²) in [4.78, 5) is 10.2. The van der Waals surface area contributed by atoms with Crippen LogP contribution in [0.5, 0.6) is 0 Å². The van der Waals surface area contributed by atoms with Gasteiger partial charge in [0.1, 0.15) is 0 Å². The molecule has 6 nitrogen and oxygen atoms in total. The van der Waals surface area contributed by atoms with Crippen LogP contribution < -0.4 is 0 Å². The molecule has 0 unspecified atom stereocenters. The number of aromatic nitrogens is 5. The number of hydrogen-bond donors (Lipinski definition) is 0. The number of fused-ring (bicyclic) bond motifs is 9. The van der Waals surface area contributed by atoms with Crippen molar-refractivity contribution < 1.29 is 0 Å². The minimum Gasteiger partial charge on any atom is -0.276 e. The summed E-state index contributed by atoms with van der Waals surface area (Å²) in [6.45, 7) is 0. The molecule has 4 aromatic carbocycles. The summed E-state index contributed by atoms with van der Waals surface area (Å²) >= 11 is 2.36. The van der Waals surface area contributed by atoms with Crippen LogP contribution in [0.2, 0.25) is 0 Å². The summed E-state index contributed by atoms with van der Waals surface area (Å²) in [6.07, 6.45) is 0. The highest BCUT2D eigenvalue weighted by molar-refractivity contribution is 14.1. The zero-order chi connectivity index (χ0) is 22.8. The Hall–Kier alpha value is -4.16. The molecule has 0 radical (unpaired) electrons. The molecule has 0 aliphatic heterocycles. The van der Waals surface area contributed by atoms with Crippen molar-refractivity contribution in [2.45, 2.75) is 0 Å². The second-order valence-corrected chi connectivity index (χ2v) is 9.34. The molecule has 0 spiro atoms. The zero-order valence-electron chi connectivity index (χ0n) is 17.7. The van der Waals surface area contributed by atoms with Gasteiger partial charge in [-0.25, -0.2) is 14.5 Å². The van der Waals surface area contributed by atoms with E-state index in [-0.39, 0.29) is 0 Å².